The van der Waals surface area contributed by atoms with Gasteiger partial charge in [0.15, 0.2) is 6.61 Å². The summed E-state index contributed by atoms with van der Waals surface area (Å²) in [5.41, 5.74) is 10.8. The number of carbonyl (C=O) groups is 2. The van der Waals surface area contributed by atoms with Crippen molar-refractivity contribution in [1.82, 2.24) is 0 Å². The molecule has 7 heteroatoms. The normalized spacial score (nSPS) is 9.67. The molecule has 0 saturated carbocycles. The highest BCUT2D eigenvalue weighted by molar-refractivity contribution is 5.98. The van der Waals surface area contributed by atoms with Crippen LogP contribution in [0.4, 0.5) is 5.69 Å². The Labute approximate surface area is 104 Å². The molecule has 1 rings (SSSR count). The summed E-state index contributed by atoms with van der Waals surface area (Å²) in [5, 5.41) is 0. The Hall–Kier alpha value is -2.44. The minimum atomic E-state index is -0.775. The highest BCUT2D eigenvalue weighted by atomic mass is 16.5. The van der Waals surface area contributed by atoms with Crippen molar-refractivity contribution in [1.29, 1.82) is 0 Å². The van der Waals surface area contributed by atoms with Crippen LogP contribution in [-0.2, 0) is 9.53 Å². The summed E-state index contributed by atoms with van der Waals surface area (Å²) in [6.45, 7) is -0.516. The Morgan fingerprint density at radius 3 is 2.39 bits per heavy atom. The Morgan fingerprint density at radius 1 is 1.22 bits per heavy atom. The van der Waals surface area contributed by atoms with Crippen LogP contribution < -0.4 is 20.9 Å². The van der Waals surface area contributed by atoms with Crippen LogP contribution in [0.1, 0.15) is 10.4 Å². The largest absolute Gasteiger partial charge is 0.497 e. The number of rotatable bonds is 5. The maximum Gasteiger partial charge on any atom is 0.341 e. The van der Waals surface area contributed by atoms with E-state index < -0.39 is 18.5 Å². The lowest BCUT2D eigenvalue weighted by atomic mass is 10.1. The molecular weight excluding hydrogens is 240 g/mol. The number of amides is 1. The lowest BCUT2D eigenvalue weighted by molar-refractivity contribution is -0.121. The van der Waals surface area contributed by atoms with Gasteiger partial charge in [0.05, 0.1) is 25.5 Å². The molecule has 0 aliphatic heterocycles. The van der Waals surface area contributed by atoms with Crippen LogP contribution in [0.5, 0.6) is 11.5 Å². The molecule has 0 fully saturated rings. The van der Waals surface area contributed by atoms with Crippen LogP contribution >= 0.6 is 0 Å². The summed E-state index contributed by atoms with van der Waals surface area (Å²) in [4.78, 5) is 22.2. The first-order chi connectivity index (χ1) is 8.49. The molecule has 0 aromatic heterocycles. The summed E-state index contributed by atoms with van der Waals surface area (Å²) >= 11 is 0. The minimum Gasteiger partial charge on any atom is -0.497 e. The summed E-state index contributed by atoms with van der Waals surface area (Å²) in [5.74, 6) is -0.868. The van der Waals surface area contributed by atoms with E-state index >= 15 is 0 Å². The van der Waals surface area contributed by atoms with Gasteiger partial charge in [-0.2, -0.15) is 0 Å². The van der Waals surface area contributed by atoms with Gasteiger partial charge < -0.3 is 25.7 Å². The highest BCUT2D eigenvalue weighted by Crippen LogP contribution is 2.31. The SMILES string of the molecule is COc1cc(OC)c(N)c(C(=O)OCC(N)=O)c1. The Balaban J connectivity index is 3.06. The smallest absolute Gasteiger partial charge is 0.341 e. The molecule has 0 radical (unpaired) electrons. The third-order valence-electron chi connectivity index (χ3n) is 2.14. The quantitative estimate of drug-likeness (QED) is 0.561. The third kappa shape index (κ3) is 3.03. The molecule has 98 valence electrons. The monoisotopic (exact) mass is 254 g/mol. The highest BCUT2D eigenvalue weighted by Gasteiger charge is 2.17. The van der Waals surface area contributed by atoms with E-state index in [9.17, 15) is 9.59 Å². The van der Waals surface area contributed by atoms with Crippen molar-refractivity contribution in [2.45, 2.75) is 0 Å². The zero-order valence-corrected chi connectivity index (χ0v) is 10.1. The van der Waals surface area contributed by atoms with Gasteiger partial charge >= 0.3 is 5.97 Å². The summed E-state index contributed by atoms with van der Waals surface area (Å²) < 4.78 is 14.7. The van der Waals surface area contributed by atoms with Crippen LogP contribution in [0.15, 0.2) is 12.1 Å². The predicted molar refractivity (Wildman–Crippen MR) is 63.4 cm³/mol. The summed E-state index contributed by atoms with van der Waals surface area (Å²) in [6, 6.07) is 2.92. The average Bonchev–Trinajstić information content (AvgIpc) is 2.36. The van der Waals surface area contributed by atoms with E-state index in [0.29, 0.717) is 5.75 Å². The van der Waals surface area contributed by atoms with Gasteiger partial charge in [-0.15, -0.1) is 0 Å². The third-order valence-corrected chi connectivity index (χ3v) is 2.14. The number of nitrogens with two attached hydrogens (primary N) is 2. The molecule has 0 atom stereocenters. The fraction of sp³-hybridized carbons (Fsp3) is 0.273. The summed E-state index contributed by atoms with van der Waals surface area (Å²) in [6.07, 6.45) is 0. The van der Waals surface area contributed by atoms with E-state index in [0.717, 1.165) is 0 Å². The van der Waals surface area contributed by atoms with Gasteiger partial charge in [0.2, 0.25) is 0 Å². The molecule has 4 N–H and O–H groups in total. The molecule has 0 unspecified atom stereocenters. The van der Waals surface area contributed by atoms with Crippen molar-refractivity contribution in [3.05, 3.63) is 17.7 Å². The van der Waals surface area contributed by atoms with E-state index in [1.165, 1.54) is 26.4 Å². The lowest BCUT2D eigenvalue weighted by Gasteiger charge is -2.11. The molecule has 0 bridgehead atoms. The van der Waals surface area contributed by atoms with Crippen LogP contribution in [0, 0.1) is 0 Å². The van der Waals surface area contributed by atoms with Crippen LogP contribution in [0.2, 0.25) is 0 Å². The Morgan fingerprint density at radius 2 is 1.89 bits per heavy atom. The molecular formula is C11H14N2O5. The van der Waals surface area contributed by atoms with Gasteiger partial charge in [-0.3, -0.25) is 4.79 Å². The lowest BCUT2D eigenvalue weighted by Crippen LogP contribution is -2.21. The number of methoxy groups -OCH3 is 2. The van der Waals surface area contributed by atoms with Crippen LogP contribution in [0.3, 0.4) is 0 Å². The fourth-order valence-electron chi connectivity index (χ4n) is 1.27. The zero-order valence-electron chi connectivity index (χ0n) is 10.1. The summed E-state index contributed by atoms with van der Waals surface area (Å²) in [7, 11) is 2.84. The number of ether oxygens (including phenoxy) is 3. The number of anilines is 1. The number of hydrogen-bond acceptors (Lipinski definition) is 6. The maximum atomic E-state index is 11.7. The average molecular weight is 254 g/mol. The van der Waals surface area contributed by atoms with Crippen LogP contribution in [-0.4, -0.2) is 32.7 Å². The number of primary amides is 1. The molecule has 18 heavy (non-hydrogen) atoms. The van der Waals surface area contributed by atoms with Gasteiger partial charge in [-0.1, -0.05) is 0 Å². The first-order valence-electron chi connectivity index (χ1n) is 4.96. The first kappa shape index (κ1) is 13.6. The first-order valence-corrected chi connectivity index (χ1v) is 4.96. The van der Waals surface area contributed by atoms with Crippen molar-refractivity contribution in [2.75, 3.05) is 26.6 Å². The second kappa shape index (κ2) is 5.76. The van der Waals surface area contributed by atoms with Gasteiger partial charge in [0.25, 0.3) is 5.91 Å². The molecule has 0 aliphatic rings. The van der Waals surface area contributed by atoms with Gasteiger partial charge in [-0.25, -0.2) is 4.79 Å². The molecule has 1 aromatic carbocycles. The Kier molecular flexibility index (Phi) is 4.36. The number of hydrogen-bond donors (Lipinski definition) is 2. The standard InChI is InChI=1S/C11H14N2O5/c1-16-6-3-7(10(13)8(4-6)17-2)11(15)18-5-9(12)14/h3-4H,5,13H2,1-2H3,(H2,12,14). The van der Waals surface area contributed by atoms with Crippen molar-refractivity contribution >= 4 is 17.6 Å². The Bertz CT molecular complexity index is 473. The number of esters is 1. The number of benzene rings is 1. The second-order valence-electron chi connectivity index (χ2n) is 3.33. The van der Waals surface area contributed by atoms with Gasteiger partial charge in [0, 0.05) is 6.07 Å². The van der Waals surface area contributed by atoms with Crippen molar-refractivity contribution < 1.29 is 23.8 Å². The van der Waals surface area contributed by atoms with E-state index in [2.05, 4.69) is 4.74 Å². The molecule has 0 spiro atoms. The molecule has 0 aliphatic carbocycles. The molecule has 0 saturated heterocycles. The van der Waals surface area contributed by atoms with Crippen molar-refractivity contribution in [3.63, 3.8) is 0 Å². The van der Waals surface area contributed by atoms with E-state index in [4.69, 9.17) is 20.9 Å². The number of carbonyl (C=O) groups excluding carboxylic acids is 2. The topological polar surface area (TPSA) is 114 Å². The van der Waals surface area contributed by atoms with Crippen molar-refractivity contribution in [3.8, 4) is 11.5 Å². The van der Waals surface area contributed by atoms with Crippen molar-refractivity contribution in [2.24, 2.45) is 5.73 Å². The van der Waals surface area contributed by atoms with E-state index in [1.807, 2.05) is 0 Å². The molecule has 1 aromatic rings. The maximum absolute atomic E-state index is 11.7. The number of nitrogen functional groups attached to an aromatic ring is 1. The second-order valence-corrected chi connectivity index (χ2v) is 3.33. The van der Waals surface area contributed by atoms with E-state index in [1.54, 1.807) is 0 Å². The van der Waals surface area contributed by atoms with Gasteiger partial charge in [0.1, 0.15) is 11.5 Å². The minimum absolute atomic E-state index is 0.0486. The van der Waals surface area contributed by atoms with E-state index in [-0.39, 0.29) is 17.0 Å². The fourth-order valence-corrected chi connectivity index (χ4v) is 1.27. The van der Waals surface area contributed by atoms with Crippen LogP contribution in [0.25, 0.3) is 0 Å². The molecule has 0 heterocycles. The predicted octanol–water partition coefficient (Wildman–Crippen LogP) is -0.0719. The zero-order chi connectivity index (χ0) is 13.7. The van der Waals surface area contributed by atoms with Gasteiger partial charge in [-0.05, 0) is 6.07 Å². The molecule has 1 amide bonds. The molecule has 7 nitrogen and oxygen atoms in total.